The van der Waals surface area contributed by atoms with E-state index in [1.54, 1.807) is 4.57 Å². The lowest BCUT2D eigenvalue weighted by atomic mass is 10.2. The minimum atomic E-state index is -0.209. The highest BCUT2D eigenvalue weighted by atomic mass is 32.2. The average Bonchev–Trinajstić information content (AvgIpc) is 3.05. The van der Waals surface area contributed by atoms with Gasteiger partial charge in [-0.25, -0.2) is 9.89 Å². The van der Waals surface area contributed by atoms with Crippen molar-refractivity contribution in [3.63, 3.8) is 0 Å². The second kappa shape index (κ2) is 8.37. The number of aromatic nitrogens is 4. The van der Waals surface area contributed by atoms with Gasteiger partial charge in [-0.05, 0) is 32.8 Å². The van der Waals surface area contributed by atoms with Crippen LogP contribution in [0, 0.1) is 13.8 Å². The molecule has 0 saturated heterocycles. The van der Waals surface area contributed by atoms with Crippen LogP contribution in [0.15, 0.2) is 16.0 Å². The third kappa shape index (κ3) is 4.01. The Hall–Kier alpha value is -1.76. The van der Waals surface area contributed by atoms with E-state index >= 15 is 0 Å². The Morgan fingerprint density at radius 2 is 1.96 bits per heavy atom. The molecule has 7 heteroatoms. The molecule has 2 aromatic rings. The Morgan fingerprint density at radius 3 is 2.62 bits per heavy atom. The Labute approximate surface area is 146 Å². The number of H-pyrrole nitrogens is 1. The van der Waals surface area contributed by atoms with E-state index in [4.69, 9.17) is 0 Å². The molecule has 24 heavy (non-hydrogen) atoms. The summed E-state index contributed by atoms with van der Waals surface area (Å²) in [4.78, 5) is 24.4. The summed E-state index contributed by atoms with van der Waals surface area (Å²) < 4.78 is 3.80. The summed E-state index contributed by atoms with van der Waals surface area (Å²) in [6, 6.07) is 1.96. The SMILES string of the molecule is CCCCn1c(SCC(=O)c2cc(C)n(CCC)c2C)n[nH]c1=O. The smallest absolute Gasteiger partial charge is 0.343 e. The molecule has 0 aliphatic heterocycles. The van der Waals surface area contributed by atoms with Gasteiger partial charge in [0.15, 0.2) is 10.9 Å². The van der Waals surface area contributed by atoms with Crippen molar-refractivity contribution < 1.29 is 4.79 Å². The van der Waals surface area contributed by atoms with Crippen LogP contribution in [0.1, 0.15) is 54.9 Å². The maximum absolute atomic E-state index is 12.6. The molecular weight excluding hydrogens is 324 g/mol. The molecule has 0 bridgehead atoms. The molecule has 0 aliphatic carbocycles. The molecule has 0 atom stereocenters. The molecule has 0 amide bonds. The van der Waals surface area contributed by atoms with E-state index in [-0.39, 0.29) is 17.2 Å². The van der Waals surface area contributed by atoms with Crippen LogP contribution < -0.4 is 5.69 Å². The van der Waals surface area contributed by atoms with Crippen LogP contribution in [0.3, 0.4) is 0 Å². The van der Waals surface area contributed by atoms with Crippen LogP contribution >= 0.6 is 11.8 Å². The van der Waals surface area contributed by atoms with Crippen LogP contribution in [0.4, 0.5) is 0 Å². The highest BCUT2D eigenvalue weighted by molar-refractivity contribution is 7.99. The van der Waals surface area contributed by atoms with E-state index < -0.39 is 0 Å². The number of hydrogen-bond acceptors (Lipinski definition) is 4. The van der Waals surface area contributed by atoms with Crippen molar-refractivity contribution in [1.82, 2.24) is 19.3 Å². The van der Waals surface area contributed by atoms with Gasteiger partial charge in [-0.3, -0.25) is 9.36 Å². The Balaban J connectivity index is 2.09. The van der Waals surface area contributed by atoms with Gasteiger partial charge in [0.2, 0.25) is 0 Å². The Bertz CT molecular complexity index is 757. The molecular formula is C17H26N4O2S. The van der Waals surface area contributed by atoms with Gasteiger partial charge in [0, 0.05) is 30.0 Å². The molecule has 2 rings (SSSR count). The first-order valence-electron chi connectivity index (χ1n) is 8.47. The molecule has 1 N–H and O–H groups in total. The average molecular weight is 350 g/mol. The van der Waals surface area contributed by atoms with Crippen molar-refractivity contribution in [1.29, 1.82) is 0 Å². The number of aryl methyl sites for hydroxylation is 1. The number of rotatable bonds is 9. The first kappa shape index (κ1) is 18.6. The van der Waals surface area contributed by atoms with Gasteiger partial charge in [0.05, 0.1) is 5.75 Å². The second-order valence-electron chi connectivity index (χ2n) is 5.96. The monoisotopic (exact) mass is 350 g/mol. The van der Waals surface area contributed by atoms with Crippen molar-refractivity contribution in [3.8, 4) is 0 Å². The first-order chi connectivity index (χ1) is 11.5. The summed E-state index contributed by atoms with van der Waals surface area (Å²) in [7, 11) is 0. The van der Waals surface area contributed by atoms with E-state index in [0.29, 0.717) is 11.7 Å². The fourth-order valence-electron chi connectivity index (χ4n) is 2.79. The number of carbonyl (C=O) groups is 1. The van der Waals surface area contributed by atoms with Crippen molar-refractivity contribution in [2.24, 2.45) is 0 Å². The Morgan fingerprint density at radius 1 is 1.21 bits per heavy atom. The van der Waals surface area contributed by atoms with Crippen LogP contribution in [-0.2, 0) is 13.1 Å². The molecule has 0 saturated carbocycles. The van der Waals surface area contributed by atoms with Crippen molar-refractivity contribution in [2.75, 3.05) is 5.75 Å². The molecule has 6 nitrogen and oxygen atoms in total. The van der Waals surface area contributed by atoms with E-state index in [2.05, 4.69) is 28.6 Å². The van der Waals surface area contributed by atoms with Gasteiger partial charge in [-0.1, -0.05) is 32.0 Å². The molecule has 2 aromatic heterocycles. The van der Waals surface area contributed by atoms with Gasteiger partial charge in [-0.15, -0.1) is 5.10 Å². The zero-order valence-corrected chi connectivity index (χ0v) is 15.7. The molecule has 0 fully saturated rings. The fourth-order valence-corrected chi connectivity index (χ4v) is 3.64. The number of nitrogens with one attached hydrogen (secondary N) is 1. The van der Waals surface area contributed by atoms with E-state index in [1.165, 1.54) is 11.8 Å². The van der Waals surface area contributed by atoms with E-state index in [1.807, 2.05) is 19.9 Å². The number of aromatic amines is 1. The predicted octanol–water partition coefficient (Wildman–Crippen LogP) is 3.17. The van der Waals surface area contributed by atoms with Gasteiger partial charge >= 0.3 is 5.69 Å². The summed E-state index contributed by atoms with van der Waals surface area (Å²) in [5.41, 5.74) is 2.69. The molecule has 0 unspecified atom stereocenters. The minimum absolute atomic E-state index is 0.0768. The number of hydrogen-bond donors (Lipinski definition) is 1. The van der Waals surface area contributed by atoms with Crippen LogP contribution in [0.5, 0.6) is 0 Å². The van der Waals surface area contributed by atoms with Crippen LogP contribution in [-0.4, -0.2) is 30.9 Å². The third-order valence-electron chi connectivity index (χ3n) is 4.11. The van der Waals surface area contributed by atoms with Crippen molar-refractivity contribution >= 4 is 17.5 Å². The molecule has 0 aromatic carbocycles. The van der Waals surface area contributed by atoms with E-state index in [9.17, 15) is 9.59 Å². The number of Topliss-reactive ketones (excluding diaryl/α,β-unsaturated/α-hetero) is 1. The normalized spacial score (nSPS) is 11.2. The van der Waals surface area contributed by atoms with Crippen LogP contribution in [0.25, 0.3) is 0 Å². The number of ketones is 1. The zero-order chi connectivity index (χ0) is 17.7. The molecule has 0 spiro atoms. The zero-order valence-electron chi connectivity index (χ0n) is 14.9. The van der Waals surface area contributed by atoms with Gasteiger partial charge in [0.1, 0.15) is 0 Å². The number of nitrogens with zero attached hydrogens (tertiary/aromatic N) is 3. The molecule has 0 aliphatic rings. The largest absolute Gasteiger partial charge is 0.348 e. The lowest BCUT2D eigenvalue weighted by molar-refractivity contribution is 0.102. The summed E-state index contributed by atoms with van der Waals surface area (Å²) in [5.74, 6) is 0.361. The quantitative estimate of drug-likeness (QED) is 0.557. The predicted molar refractivity (Wildman–Crippen MR) is 97.0 cm³/mol. The maximum Gasteiger partial charge on any atom is 0.343 e. The summed E-state index contributed by atoms with van der Waals surface area (Å²) in [6.07, 6.45) is 2.96. The fraction of sp³-hybridized carbons (Fsp3) is 0.588. The minimum Gasteiger partial charge on any atom is -0.348 e. The highest BCUT2D eigenvalue weighted by Gasteiger charge is 2.17. The molecule has 0 radical (unpaired) electrons. The molecule has 2 heterocycles. The standard InChI is InChI=1S/C17H26N4O2S/c1-5-7-9-21-16(23)18-19-17(21)24-11-15(22)14-10-12(3)20(8-6-2)13(14)4/h10H,5-9,11H2,1-4H3,(H,18,23). The lowest BCUT2D eigenvalue weighted by Crippen LogP contribution is -2.18. The molecule has 132 valence electrons. The third-order valence-corrected chi connectivity index (χ3v) is 5.09. The number of unbranched alkanes of at least 4 members (excludes halogenated alkanes) is 1. The summed E-state index contributed by atoms with van der Waals surface area (Å²) in [6.45, 7) is 9.78. The van der Waals surface area contributed by atoms with Crippen LogP contribution in [0.2, 0.25) is 0 Å². The van der Waals surface area contributed by atoms with E-state index in [0.717, 1.165) is 42.8 Å². The highest BCUT2D eigenvalue weighted by Crippen LogP contribution is 2.20. The second-order valence-corrected chi connectivity index (χ2v) is 6.91. The topological polar surface area (TPSA) is 72.7 Å². The summed E-state index contributed by atoms with van der Waals surface area (Å²) in [5, 5.41) is 7.10. The van der Waals surface area contributed by atoms with Gasteiger partial charge in [-0.2, -0.15) is 0 Å². The van der Waals surface area contributed by atoms with Crippen molar-refractivity contribution in [3.05, 3.63) is 33.5 Å². The van der Waals surface area contributed by atoms with Gasteiger partial charge in [0.25, 0.3) is 0 Å². The first-order valence-corrected chi connectivity index (χ1v) is 9.46. The van der Waals surface area contributed by atoms with Gasteiger partial charge < -0.3 is 4.57 Å². The number of thioether (sulfide) groups is 1. The van der Waals surface area contributed by atoms with Crippen molar-refractivity contribution in [2.45, 2.75) is 65.2 Å². The Kier molecular flexibility index (Phi) is 6.48. The lowest BCUT2D eigenvalue weighted by Gasteiger charge is -2.07. The summed E-state index contributed by atoms with van der Waals surface area (Å²) >= 11 is 1.32. The maximum atomic E-state index is 12.6. The number of carbonyl (C=O) groups excluding carboxylic acids is 1.